The van der Waals surface area contributed by atoms with Gasteiger partial charge in [-0.15, -0.1) is 12.4 Å². The van der Waals surface area contributed by atoms with E-state index in [9.17, 15) is 18.0 Å². The van der Waals surface area contributed by atoms with Crippen molar-refractivity contribution in [1.82, 2.24) is 9.47 Å². The molecular weight excluding hydrogens is 442 g/mol. The highest BCUT2D eigenvalue weighted by Crippen LogP contribution is 2.40. The molecule has 2 aliphatic rings. The fourth-order valence-electron chi connectivity index (χ4n) is 4.13. The van der Waals surface area contributed by atoms with E-state index in [2.05, 4.69) is 9.62 Å². The second kappa shape index (κ2) is 9.02. The largest absolute Gasteiger partial charge is 0.486 e. The van der Waals surface area contributed by atoms with Crippen LogP contribution in [-0.4, -0.2) is 55.2 Å². The number of hydrogen-bond acceptors (Lipinski definition) is 6. The van der Waals surface area contributed by atoms with Gasteiger partial charge in [0.15, 0.2) is 5.78 Å². The number of likely N-dealkylation sites (tertiary alicyclic amines) is 1. The topological polar surface area (TPSA) is 97.7 Å². The molecule has 10 heteroatoms. The molecule has 168 valence electrons. The number of ether oxygens (including phenoxy) is 1. The molecule has 2 aromatic rings. The Bertz CT molecular complexity index is 1120. The Kier molecular flexibility index (Phi) is 6.78. The molecule has 3 heterocycles. The number of pyridine rings is 1. The minimum absolute atomic E-state index is 0. The van der Waals surface area contributed by atoms with Crippen LogP contribution in [-0.2, 0) is 16.6 Å². The van der Waals surface area contributed by atoms with Crippen molar-refractivity contribution in [2.75, 3.05) is 30.6 Å². The van der Waals surface area contributed by atoms with Crippen LogP contribution in [0.2, 0.25) is 0 Å². The van der Waals surface area contributed by atoms with Crippen LogP contribution in [0.5, 0.6) is 5.75 Å². The molecule has 0 radical (unpaired) electrons. The maximum absolute atomic E-state index is 12.8. The van der Waals surface area contributed by atoms with Crippen molar-refractivity contribution in [3.8, 4) is 5.75 Å². The van der Waals surface area contributed by atoms with Gasteiger partial charge in [-0.2, -0.15) is 0 Å². The van der Waals surface area contributed by atoms with Gasteiger partial charge in [0.1, 0.15) is 11.4 Å². The second-order valence-corrected chi connectivity index (χ2v) is 9.79. The summed E-state index contributed by atoms with van der Waals surface area (Å²) < 4.78 is 33.2. The lowest BCUT2D eigenvalue weighted by atomic mass is 9.82. The normalized spacial score (nSPS) is 18.0. The van der Waals surface area contributed by atoms with Crippen molar-refractivity contribution in [2.24, 2.45) is 0 Å². The minimum Gasteiger partial charge on any atom is -0.486 e. The van der Waals surface area contributed by atoms with Crippen molar-refractivity contribution in [3.05, 3.63) is 58.5 Å². The van der Waals surface area contributed by atoms with Gasteiger partial charge >= 0.3 is 0 Å². The molecule has 0 saturated carbocycles. The minimum atomic E-state index is -3.41. The summed E-state index contributed by atoms with van der Waals surface area (Å²) in [6.45, 7) is 2.98. The number of rotatable bonds is 5. The molecular formula is C21H26ClN3O5S. The fourth-order valence-corrected chi connectivity index (χ4v) is 4.68. The van der Waals surface area contributed by atoms with E-state index >= 15 is 0 Å². The van der Waals surface area contributed by atoms with E-state index in [-0.39, 0.29) is 30.2 Å². The first-order valence-electron chi connectivity index (χ1n) is 9.95. The Hall–Kier alpha value is -2.36. The summed E-state index contributed by atoms with van der Waals surface area (Å²) in [7, 11) is -3.41. The van der Waals surface area contributed by atoms with E-state index in [1.807, 2.05) is 6.07 Å². The molecule has 1 aromatic heterocycles. The molecule has 1 N–H and O–H groups in total. The highest BCUT2D eigenvalue weighted by atomic mass is 35.5. The van der Waals surface area contributed by atoms with Gasteiger partial charge in [0.25, 0.3) is 5.56 Å². The Morgan fingerprint density at radius 1 is 1.10 bits per heavy atom. The molecule has 1 aromatic carbocycles. The van der Waals surface area contributed by atoms with Crippen LogP contribution in [0.1, 0.15) is 29.6 Å². The number of nitrogens with one attached hydrogen (secondary N) is 1. The third-order valence-corrected chi connectivity index (χ3v) is 6.32. The van der Waals surface area contributed by atoms with Gasteiger partial charge in [0, 0.05) is 57.0 Å². The van der Waals surface area contributed by atoms with E-state index in [1.165, 1.54) is 6.07 Å². The highest BCUT2D eigenvalue weighted by molar-refractivity contribution is 7.92. The average molecular weight is 468 g/mol. The molecule has 4 rings (SSSR count). The fraction of sp³-hybridized carbons (Fsp3) is 0.429. The maximum atomic E-state index is 12.8. The second-order valence-electron chi connectivity index (χ2n) is 8.04. The number of carbonyl (C=O) groups excluding carboxylic acids is 1. The Morgan fingerprint density at radius 3 is 2.52 bits per heavy atom. The van der Waals surface area contributed by atoms with Crippen LogP contribution < -0.4 is 15.0 Å². The van der Waals surface area contributed by atoms with E-state index in [0.717, 1.165) is 38.7 Å². The standard InChI is InChI=1S/C21H25N3O5S.ClH/c1-30(27,28)22-16-5-6-19-17(14-16)18(25)15-21(29-19)7-10-23(11-8-21)12-13-24-9-3-2-4-20(24)26;/h2-6,9,14,22H,7-8,10-13,15H2,1H3;1H. The number of carbonyl (C=O) groups is 1. The summed E-state index contributed by atoms with van der Waals surface area (Å²) >= 11 is 0. The summed E-state index contributed by atoms with van der Waals surface area (Å²) in [5.74, 6) is 0.479. The van der Waals surface area contributed by atoms with Gasteiger partial charge in [-0.25, -0.2) is 8.42 Å². The van der Waals surface area contributed by atoms with Gasteiger partial charge in [0.05, 0.1) is 18.2 Å². The van der Waals surface area contributed by atoms with Crippen molar-refractivity contribution < 1.29 is 17.9 Å². The van der Waals surface area contributed by atoms with Gasteiger partial charge in [-0.3, -0.25) is 14.3 Å². The van der Waals surface area contributed by atoms with Gasteiger partial charge in [-0.1, -0.05) is 6.07 Å². The van der Waals surface area contributed by atoms with Crippen molar-refractivity contribution in [1.29, 1.82) is 0 Å². The Labute approximate surface area is 187 Å². The first-order chi connectivity index (χ1) is 14.2. The zero-order valence-electron chi connectivity index (χ0n) is 17.2. The predicted molar refractivity (Wildman–Crippen MR) is 121 cm³/mol. The van der Waals surface area contributed by atoms with Crippen LogP contribution in [0.25, 0.3) is 0 Å². The molecule has 0 unspecified atom stereocenters. The number of piperidine rings is 1. The maximum Gasteiger partial charge on any atom is 0.250 e. The average Bonchev–Trinajstić information content (AvgIpc) is 2.68. The quantitative estimate of drug-likeness (QED) is 0.723. The summed E-state index contributed by atoms with van der Waals surface area (Å²) in [5.41, 5.74) is 0.250. The van der Waals surface area contributed by atoms with E-state index in [0.29, 0.717) is 23.5 Å². The first kappa shape index (κ1) is 23.3. The summed E-state index contributed by atoms with van der Waals surface area (Å²) in [6.07, 6.45) is 4.60. The zero-order chi connectivity index (χ0) is 21.4. The number of nitrogens with zero attached hydrogens (tertiary/aromatic N) is 2. The summed E-state index contributed by atoms with van der Waals surface area (Å²) in [6, 6.07) is 9.95. The van der Waals surface area contributed by atoms with Gasteiger partial charge < -0.3 is 14.2 Å². The molecule has 0 aliphatic carbocycles. The summed E-state index contributed by atoms with van der Waals surface area (Å²) in [4.78, 5) is 26.9. The van der Waals surface area contributed by atoms with E-state index < -0.39 is 15.6 Å². The van der Waals surface area contributed by atoms with E-state index in [4.69, 9.17) is 4.74 Å². The number of anilines is 1. The smallest absolute Gasteiger partial charge is 0.250 e. The number of fused-ring (bicyclic) bond motifs is 1. The van der Waals surface area contributed by atoms with Gasteiger partial charge in [-0.05, 0) is 24.3 Å². The Balaban J connectivity index is 0.00000272. The summed E-state index contributed by atoms with van der Waals surface area (Å²) in [5, 5.41) is 0. The number of hydrogen-bond donors (Lipinski definition) is 1. The van der Waals surface area contributed by atoms with Crippen LogP contribution in [0.15, 0.2) is 47.4 Å². The zero-order valence-corrected chi connectivity index (χ0v) is 18.9. The third-order valence-electron chi connectivity index (χ3n) is 5.72. The SMILES string of the molecule is CS(=O)(=O)Nc1ccc2c(c1)C(=O)CC1(CCN(CCn3ccccc3=O)CC1)O2.Cl. The lowest BCUT2D eigenvalue weighted by Crippen LogP contribution is -2.51. The number of halogens is 1. The predicted octanol–water partition coefficient (Wildman–Crippen LogP) is 2.14. The lowest BCUT2D eigenvalue weighted by molar-refractivity contribution is -0.00953. The number of Topliss-reactive ketones (excluding diaryl/α,β-unsaturated/α-hetero) is 1. The molecule has 31 heavy (non-hydrogen) atoms. The lowest BCUT2D eigenvalue weighted by Gasteiger charge is -2.44. The molecule has 0 amide bonds. The molecule has 1 fully saturated rings. The number of ketones is 1. The van der Waals surface area contributed by atoms with Crippen LogP contribution in [0.3, 0.4) is 0 Å². The Morgan fingerprint density at radius 2 is 1.84 bits per heavy atom. The van der Waals surface area contributed by atoms with Gasteiger partial charge in [0.2, 0.25) is 10.0 Å². The van der Waals surface area contributed by atoms with Crippen LogP contribution in [0.4, 0.5) is 5.69 Å². The van der Waals surface area contributed by atoms with Crippen LogP contribution in [0, 0.1) is 0 Å². The molecule has 1 saturated heterocycles. The molecule has 0 atom stereocenters. The number of aromatic nitrogens is 1. The van der Waals surface area contributed by atoms with Crippen LogP contribution >= 0.6 is 12.4 Å². The molecule has 8 nitrogen and oxygen atoms in total. The highest BCUT2D eigenvalue weighted by Gasteiger charge is 2.42. The molecule has 1 spiro atoms. The van der Waals surface area contributed by atoms with Crippen molar-refractivity contribution in [3.63, 3.8) is 0 Å². The van der Waals surface area contributed by atoms with E-state index in [1.54, 1.807) is 35.0 Å². The monoisotopic (exact) mass is 467 g/mol. The van der Waals surface area contributed by atoms with Crippen molar-refractivity contribution >= 4 is 33.9 Å². The first-order valence-corrected chi connectivity index (χ1v) is 11.8. The third kappa shape index (κ3) is 5.47. The molecule has 0 bridgehead atoms. The number of sulfonamides is 1. The molecule has 2 aliphatic heterocycles. The van der Waals surface area contributed by atoms with Crippen molar-refractivity contribution in [2.45, 2.75) is 31.4 Å². The number of benzene rings is 1.